The van der Waals surface area contributed by atoms with Gasteiger partial charge in [0, 0.05) is 24.3 Å². The third kappa shape index (κ3) is 4.69. The topological polar surface area (TPSA) is 90.0 Å². The van der Waals surface area contributed by atoms with E-state index < -0.39 is 0 Å². The van der Waals surface area contributed by atoms with Gasteiger partial charge in [-0.05, 0) is 37.3 Å². The van der Waals surface area contributed by atoms with Crippen molar-refractivity contribution in [2.75, 3.05) is 11.1 Å². The molecule has 1 saturated carbocycles. The van der Waals surface area contributed by atoms with E-state index in [9.17, 15) is 9.59 Å². The monoisotopic (exact) mass is 440 g/mol. The van der Waals surface area contributed by atoms with Crippen molar-refractivity contribution in [1.29, 1.82) is 0 Å². The van der Waals surface area contributed by atoms with E-state index in [4.69, 9.17) is 9.51 Å². The molecule has 3 aromatic rings. The van der Waals surface area contributed by atoms with E-state index in [-0.39, 0.29) is 23.9 Å². The first-order valence-corrected chi connectivity index (χ1v) is 11.8. The molecule has 0 aliphatic heterocycles. The van der Waals surface area contributed by atoms with Crippen LogP contribution in [0.3, 0.4) is 0 Å². The second-order valence-corrected chi connectivity index (χ2v) is 9.45. The maximum atomic E-state index is 13.5. The van der Waals surface area contributed by atoms with Gasteiger partial charge >= 0.3 is 0 Å². The number of nitrogens with zero attached hydrogens (tertiary/aromatic N) is 3. The number of amides is 1. The summed E-state index contributed by atoms with van der Waals surface area (Å²) in [6, 6.07) is 9.30. The second kappa shape index (κ2) is 9.26. The largest absolute Gasteiger partial charge is 0.360 e. The van der Waals surface area contributed by atoms with Crippen LogP contribution >= 0.6 is 11.8 Å². The number of aromatic nitrogens is 3. The van der Waals surface area contributed by atoms with E-state index in [1.54, 1.807) is 13.0 Å². The number of para-hydroxylation sites is 1. The molecule has 0 saturated heterocycles. The minimum absolute atomic E-state index is 0.0153. The molecule has 31 heavy (non-hydrogen) atoms. The Morgan fingerprint density at radius 1 is 1.29 bits per heavy atom. The van der Waals surface area contributed by atoms with Crippen molar-refractivity contribution >= 4 is 34.4 Å². The number of fused-ring (bicyclic) bond motifs is 1. The molecule has 0 bridgehead atoms. The number of aryl methyl sites for hydroxylation is 1. The molecule has 1 N–H and O–H groups in total. The predicted molar refractivity (Wildman–Crippen MR) is 122 cm³/mol. The SMILES string of the molecule is Cc1cc(NC(=O)CCSc2nc3ccccc3c(=O)n2C2CCCC(C)C2C)no1. The molecule has 4 rings (SSSR count). The average molecular weight is 441 g/mol. The van der Waals surface area contributed by atoms with Crippen LogP contribution in [0.2, 0.25) is 0 Å². The molecule has 2 heterocycles. The van der Waals surface area contributed by atoms with Crippen molar-refractivity contribution in [2.24, 2.45) is 11.8 Å². The van der Waals surface area contributed by atoms with Gasteiger partial charge in [-0.15, -0.1) is 0 Å². The van der Waals surface area contributed by atoms with Crippen LogP contribution in [0.4, 0.5) is 5.82 Å². The first kappa shape index (κ1) is 21.6. The lowest BCUT2D eigenvalue weighted by atomic mass is 9.78. The minimum atomic E-state index is -0.143. The van der Waals surface area contributed by atoms with Crippen LogP contribution in [0.15, 0.2) is 44.8 Å². The average Bonchev–Trinajstić information content (AvgIpc) is 3.15. The lowest BCUT2D eigenvalue weighted by molar-refractivity contribution is -0.115. The second-order valence-electron chi connectivity index (χ2n) is 8.39. The Labute approximate surface area is 185 Å². The van der Waals surface area contributed by atoms with Gasteiger partial charge in [-0.1, -0.05) is 55.7 Å². The Kier molecular flexibility index (Phi) is 6.46. The van der Waals surface area contributed by atoms with Gasteiger partial charge in [0.2, 0.25) is 5.91 Å². The third-order valence-electron chi connectivity index (χ3n) is 6.23. The quantitative estimate of drug-likeness (QED) is 0.437. The zero-order chi connectivity index (χ0) is 22.0. The van der Waals surface area contributed by atoms with Crippen molar-refractivity contribution in [3.8, 4) is 0 Å². The van der Waals surface area contributed by atoms with E-state index in [2.05, 4.69) is 24.3 Å². The maximum Gasteiger partial charge on any atom is 0.262 e. The zero-order valence-corrected chi connectivity index (χ0v) is 18.9. The highest BCUT2D eigenvalue weighted by Crippen LogP contribution is 2.38. The van der Waals surface area contributed by atoms with E-state index >= 15 is 0 Å². The molecule has 1 aliphatic rings. The van der Waals surface area contributed by atoms with Gasteiger partial charge in [0.25, 0.3) is 5.56 Å². The number of carbonyl (C=O) groups is 1. The Balaban J connectivity index is 1.57. The van der Waals surface area contributed by atoms with Gasteiger partial charge in [0.05, 0.1) is 10.9 Å². The number of anilines is 1. The summed E-state index contributed by atoms with van der Waals surface area (Å²) in [7, 11) is 0. The van der Waals surface area contributed by atoms with Crippen molar-refractivity contribution in [3.63, 3.8) is 0 Å². The molecule has 2 aromatic heterocycles. The van der Waals surface area contributed by atoms with E-state index in [1.165, 1.54) is 18.2 Å². The summed E-state index contributed by atoms with van der Waals surface area (Å²) in [5.74, 6) is 2.39. The van der Waals surface area contributed by atoms with E-state index in [0.717, 1.165) is 12.8 Å². The van der Waals surface area contributed by atoms with Crippen LogP contribution in [-0.4, -0.2) is 26.4 Å². The summed E-state index contributed by atoms with van der Waals surface area (Å²) in [6.07, 6.45) is 3.57. The van der Waals surface area contributed by atoms with E-state index in [0.29, 0.717) is 45.2 Å². The fourth-order valence-corrected chi connectivity index (χ4v) is 5.29. The molecule has 1 fully saturated rings. The lowest BCUT2D eigenvalue weighted by Crippen LogP contribution is -2.35. The molecule has 7 nitrogen and oxygen atoms in total. The van der Waals surface area contributed by atoms with Crippen LogP contribution in [0.5, 0.6) is 0 Å². The predicted octanol–water partition coefficient (Wildman–Crippen LogP) is 4.81. The minimum Gasteiger partial charge on any atom is -0.360 e. The fourth-order valence-electron chi connectivity index (χ4n) is 4.30. The molecule has 1 aliphatic carbocycles. The van der Waals surface area contributed by atoms with Crippen molar-refractivity contribution < 1.29 is 9.32 Å². The fraction of sp³-hybridized carbons (Fsp3) is 0.478. The molecular weight excluding hydrogens is 412 g/mol. The van der Waals surface area contributed by atoms with Crippen molar-refractivity contribution in [1.82, 2.24) is 14.7 Å². The number of nitrogens with one attached hydrogen (secondary N) is 1. The number of hydrogen-bond donors (Lipinski definition) is 1. The molecule has 0 spiro atoms. The highest BCUT2D eigenvalue weighted by molar-refractivity contribution is 7.99. The summed E-state index contributed by atoms with van der Waals surface area (Å²) < 4.78 is 6.87. The molecule has 1 aromatic carbocycles. The maximum absolute atomic E-state index is 13.5. The highest BCUT2D eigenvalue weighted by Gasteiger charge is 2.31. The van der Waals surface area contributed by atoms with Gasteiger partial charge in [0.15, 0.2) is 11.0 Å². The summed E-state index contributed by atoms with van der Waals surface area (Å²) in [5.41, 5.74) is 0.715. The number of hydrogen-bond acceptors (Lipinski definition) is 6. The standard InChI is InChI=1S/C23H28N4O3S/c1-14-7-6-10-19(16(14)3)27-22(29)17-8-4-5-9-18(17)24-23(27)31-12-11-21(28)25-20-13-15(2)30-26-20/h4-5,8-9,13-14,16,19H,6-7,10-12H2,1-3H3,(H,25,26,28). The summed E-state index contributed by atoms with van der Waals surface area (Å²) >= 11 is 1.46. The Bertz CT molecular complexity index is 1140. The number of rotatable bonds is 6. The first-order valence-electron chi connectivity index (χ1n) is 10.8. The van der Waals surface area contributed by atoms with Gasteiger partial charge in [-0.2, -0.15) is 0 Å². The Morgan fingerprint density at radius 2 is 2.10 bits per heavy atom. The molecule has 0 radical (unpaired) electrons. The number of carbonyl (C=O) groups excluding carboxylic acids is 1. The first-order chi connectivity index (χ1) is 14.9. The third-order valence-corrected chi connectivity index (χ3v) is 7.18. The van der Waals surface area contributed by atoms with Crippen LogP contribution in [0.1, 0.15) is 51.3 Å². The van der Waals surface area contributed by atoms with Crippen molar-refractivity contribution in [2.45, 2.75) is 57.7 Å². The molecule has 164 valence electrons. The summed E-state index contributed by atoms with van der Waals surface area (Å²) in [4.78, 5) is 30.6. The van der Waals surface area contributed by atoms with Gasteiger partial charge in [0.1, 0.15) is 5.76 Å². The van der Waals surface area contributed by atoms with E-state index in [1.807, 2.05) is 28.8 Å². The summed E-state index contributed by atoms with van der Waals surface area (Å²) in [5, 5.41) is 7.87. The smallest absolute Gasteiger partial charge is 0.262 e. The molecule has 1 amide bonds. The lowest BCUT2D eigenvalue weighted by Gasteiger charge is -2.36. The van der Waals surface area contributed by atoms with Gasteiger partial charge < -0.3 is 9.84 Å². The normalized spacial score (nSPS) is 21.3. The van der Waals surface area contributed by atoms with Crippen molar-refractivity contribution in [3.05, 3.63) is 46.4 Å². The number of thioether (sulfide) groups is 1. The summed E-state index contributed by atoms with van der Waals surface area (Å²) in [6.45, 7) is 6.27. The van der Waals surface area contributed by atoms with Crippen LogP contribution in [0.25, 0.3) is 10.9 Å². The van der Waals surface area contributed by atoms with Crippen LogP contribution in [-0.2, 0) is 4.79 Å². The van der Waals surface area contributed by atoms with Crippen LogP contribution in [0, 0.1) is 18.8 Å². The van der Waals surface area contributed by atoms with Gasteiger partial charge in [-0.3, -0.25) is 14.2 Å². The van der Waals surface area contributed by atoms with Gasteiger partial charge in [-0.25, -0.2) is 4.98 Å². The Morgan fingerprint density at radius 3 is 2.87 bits per heavy atom. The Hall–Kier alpha value is -2.61. The number of benzene rings is 1. The molecular formula is C23H28N4O3S. The molecule has 3 unspecified atom stereocenters. The van der Waals surface area contributed by atoms with Crippen LogP contribution < -0.4 is 10.9 Å². The highest BCUT2D eigenvalue weighted by atomic mass is 32.2. The molecule has 8 heteroatoms. The molecule has 3 atom stereocenters. The zero-order valence-electron chi connectivity index (χ0n) is 18.1.